The van der Waals surface area contributed by atoms with Crippen molar-refractivity contribution < 1.29 is 22.9 Å². The third kappa shape index (κ3) is 3.41. The van der Waals surface area contributed by atoms with Gasteiger partial charge in [-0.3, -0.25) is 10.1 Å². The Morgan fingerprint density at radius 2 is 2.06 bits per heavy atom. The Kier molecular flexibility index (Phi) is 4.25. The van der Waals surface area contributed by atoms with E-state index >= 15 is 0 Å². The number of non-ortho nitro benzene ring substituents is 1. The largest absolute Gasteiger partial charge is 0.462 e. The number of nitro benzene ring substituents is 1. The summed E-state index contributed by atoms with van der Waals surface area (Å²) in [5.74, 6) is -0.859. The maximum absolute atomic E-state index is 11.4. The predicted molar refractivity (Wildman–Crippen MR) is 62.1 cm³/mol. The van der Waals surface area contributed by atoms with Crippen molar-refractivity contribution in [2.24, 2.45) is 0 Å². The fourth-order valence-electron chi connectivity index (χ4n) is 1.16. The topological polar surface area (TPSA) is 104 Å². The van der Waals surface area contributed by atoms with Crippen molar-refractivity contribution in [3.8, 4) is 0 Å². The van der Waals surface area contributed by atoms with Crippen molar-refractivity contribution in [1.82, 2.24) is 0 Å². The Bertz CT molecular complexity index is 597. The maximum atomic E-state index is 11.4. The zero-order chi connectivity index (χ0) is 13.9. The van der Waals surface area contributed by atoms with Gasteiger partial charge in [0.05, 0.1) is 22.0 Å². The van der Waals surface area contributed by atoms with E-state index in [0.717, 1.165) is 18.2 Å². The van der Waals surface area contributed by atoms with Crippen molar-refractivity contribution in [2.45, 2.75) is 11.8 Å². The molecular weight excluding hydrogens is 286 g/mol. The van der Waals surface area contributed by atoms with E-state index in [1.807, 2.05) is 0 Å². The van der Waals surface area contributed by atoms with Gasteiger partial charge in [0.25, 0.3) is 14.7 Å². The van der Waals surface area contributed by atoms with Crippen LogP contribution in [0, 0.1) is 10.1 Å². The molecule has 1 aromatic rings. The number of nitrogens with zero attached hydrogens (tertiary/aromatic N) is 1. The highest BCUT2D eigenvalue weighted by Gasteiger charge is 2.20. The Morgan fingerprint density at radius 1 is 1.44 bits per heavy atom. The van der Waals surface area contributed by atoms with Crippen LogP contribution in [0.25, 0.3) is 0 Å². The third-order valence-corrected chi connectivity index (χ3v) is 3.23. The van der Waals surface area contributed by atoms with Gasteiger partial charge in [0.15, 0.2) is 0 Å². The molecule has 0 heterocycles. The van der Waals surface area contributed by atoms with Gasteiger partial charge in [-0.2, -0.15) is 0 Å². The van der Waals surface area contributed by atoms with Crippen molar-refractivity contribution in [3.63, 3.8) is 0 Å². The number of carbonyl (C=O) groups is 1. The Balaban J connectivity index is 3.41. The van der Waals surface area contributed by atoms with Crippen LogP contribution in [0.1, 0.15) is 17.3 Å². The number of hydrogen-bond donors (Lipinski definition) is 0. The molecular formula is C9H8ClNO6S. The lowest BCUT2D eigenvalue weighted by molar-refractivity contribution is -0.385. The average molecular weight is 294 g/mol. The highest BCUT2D eigenvalue weighted by atomic mass is 35.7. The molecule has 98 valence electrons. The summed E-state index contributed by atoms with van der Waals surface area (Å²) < 4.78 is 26.9. The Labute approximate surface area is 107 Å². The molecule has 0 unspecified atom stereocenters. The lowest BCUT2D eigenvalue weighted by Crippen LogP contribution is -2.07. The molecule has 0 amide bonds. The second kappa shape index (κ2) is 5.32. The van der Waals surface area contributed by atoms with Crippen LogP contribution in [-0.2, 0) is 13.8 Å². The second-order valence-corrected chi connectivity index (χ2v) is 5.70. The Hall–Kier alpha value is -1.67. The summed E-state index contributed by atoms with van der Waals surface area (Å²) >= 11 is 0. The van der Waals surface area contributed by atoms with Gasteiger partial charge < -0.3 is 4.74 Å². The standard InChI is InChI=1S/C9H8ClNO6S/c1-2-17-9(12)6-3-7(11(13)14)5-8(4-6)18(10,15)16/h3-5H,2H2,1H3. The van der Waals surface area contributed by atoms with Gasteiger partial charge >= 0.3 is 5.97 Å². The van der Waals surface area contributed by atoms with Gasteiger partial charge in [0, 0.05) is 22.8 Å². The number of hydrogen-bond acceptors (Lipinski definition) is 6. The van der Waals surface area contributed by atoms with Gasteiger partial charge in [-0.15, -0.1) is 0 Å². The fourth-order valence-corrected chi connectivity index (χ4v) is 1.96. The first-order valence-corrected chi connectivity index (χ1v) is 6.98. The van der Waals surface area contributed by atoms with Gasteiger partial charge in [-0.25, -0.2) is 13.2 Å². The summed E-state index contributed by atoms with van der Waals surface area (Å²) in [6, 6.07) is 2.61. The smallest absolute Gasteiger partial charge is 0.338 e. The summed E-state index contributed by atoms with van der Waals surface area (Å²) in [4.78, 5) is 20.7. The minimum absolute atomic E-state index is 0.0600. The van der Waals surface area contributed by atoms with Gasteiger partial charge in [-0.05, 0) is 13.0 Å². The highest BCUT2D eigenvalue weighted by Crippen LogP contribution is 2.23. The molecule has 0 N–H and O–H groups in total. The first-order valence-electron chi connectivity index (χ1n) is 4.67. The molecule has 0 saturated heterocycles. The molecule has 18 heavy (non-hydrogen) atoms. The molecule has 0 aliphatic rings. The van der Waals surface area contributed by atoms with Crippen LogP contribution >= 0.6 is 10.7 Å². The molecule has 0 spiro atoms. The molecule has 0 aliphatic carbocycles. The molecule has 0 radical (unpaired) electrons. The number of halogens is 1. The van der Waals surface area contributed by atoms with Crippen molar-refractivity contribution >= 4 is 31.4 Å². The Morgan fingerprint density at radius 3 is 2.50 bits per heavy atom. The number of rotatable bonds is 4. The van der Waals surface area contributed by atoms with E-state index in [1.165, 1.54) is 0 Å². The quantitative estimate of drug-likeness (QED) is 0.362. The SMILES string of the molecule is CCOC(=O)c1cc([N+](=O)[O-])cc(S(=O)(=O)Cl)c1. The van der Waals surface area contributed by atoms with Crippen LogP contribution in [-0.4, -0.2) is 25.9 Å². The summed E-state index contributed by atoms with van der Waals surface area (Å²) in [7, 11) is 0.917. The maximum Gasteiger partial charge on any atom is 0.338 e. The van der Waals surface area contributed by atoms with E-state index in [-0.39, 0.29) is 12.2 Å². The third-order valence-electron chi connectivity index (χ3n) is 1.89. The summed E-state index contributed by atoms with van der Waals surface area (Å²) in [6.07, 6.45) is 0. The van der Waals surface area contributed by atoms with Crippen LogP contribution in [0.3, 0.4) is 0 Å². The summed E-state index contributed by atoms with van der Waals surface area (Å²) in [5.41, 5.74) is -0.801. The molecule has 0 atom stereocenters. The molecule has 0 saturated carbocycles. The number of carbonyl (C=O) groups excluding carboxylic acids is 1. The summed E-state index contributed by atoms with van der Waals surface area (Å²) in [6.45, 7) is 1.61. The van der Waals surface area contributed by atoms with Crippen LogP contribution < -0.4 is 0 Å². The lowest BCUT2D eigenvalue weighted by atomic mass is 10.2. The highest BCUT2D eigenvalue weighted by molar-refractivity contribution is 8.13. The number of esters is 1. The molecule has 0 fully saturated rings. The van der Waals surface area contributed by atoms with Crippen LogP contribution in [0.5, 0.6) is 0 Å². The first-order chi connectivity index (χ1) is 8.25. The van der Waals surface area contributed by atoms with Crippen LogP contribution in [0.15, 0.2) is 23.1 Å². The average Bonchev–Trinajstić information content (AvgIpc) is 2.27. The molecule has 0 bridgehead atoms. The van der Waals surface area contributed by atoms with Crippen molar-refractivity contribution in [2.75, 3.05) is 6.61 Å². The molecule has 0 aliphatic heterocycles. The predicted octanol–water partition coefficient (Wildman–Crippen LogP) is 1.70. The van der Waals surface area contributed by atoms with E-state index < -0.39 is 30.5 Å². The van der Waals surface area contributed by atoms with Gasteiger partial charge in [-0.1, -0.05) is 0 Å². The normalized spacial score (nSPS) is 11.0. The zero-order valence-electron chi connectivity index (χ0n) is 9.12. The number of benzene rings is 1. The van der Waals surface area contributed by atoms with Crippen molar-refractivity contribution in [3.05, 3.63) is 33.9 Å². The minimum Gasteiger partial charge on any atom is -0.462 e. The van der Waals surface area contributed by atoms with E-state index in [4.69, 9.17) is 10.7 Å². The van der Waals surface area contributed by atoms with Crippen LogP contribution in [0.4, 0.5) is 5.69 Å². The molecule has 0 aromatic heterocycles. The lowest BCUT2D eigenvalue weighted by Gasteiger charge is -2.03. The molecule has 7 nitrogen and oxygen atoms in total. The number of nitro groups is 1. The number of ether oxygens (including phenoxy) is 1. The molecule has 9 heteroatoms. The second-order valence-electron chi connectivity index (χ2n) is 3.13. The van der Waals surface area contributed by atoms with E-state index in [9.17, 15) is 23.3 Å². The monoisotopic (exact) mass is 293 g/mol. The fraction of sp³-hybridized carbons (Fsp3) is 0.222. The molecule has 1 aromatic carbocycles. The zero-order valence-corrected chi connectivity index (χ0v) is 10.7. The van der Waals surface area contributed by atoms with Crippen LogP contribution in [0.2, 0.25) is 0 Å². The van der Waals surface area contributed by atoms with Crippen molar-refractivity contribution in [1.29, 1.82) is 0 Å². The van der Waals surface area contributed by atoms with E-state index in [0.29, 0.717) is 0 Å². The van der Waals surface area contributed by atoms with E-state index in [2.05, 4.69) is 4.74 Å². The van der Waals surface area contributed by atoms with Gasteiger partial charge in [0.2, 0.25) is 0 Å². The van der Waals surface area contributed by atoms with E-state index in [1.54, 1.807) is 6.92 Å². The summed E-state index contributed by atoms with van der Waals surface area (Å²) in [5, 5.41) is 10.6. The van der Waals surface area contributed by atoms with Gasteiger partial charge in [0.1, 0.15) is 0 Å². The molecule has 1 rings (SSSR count). The first kappa shape index (κ1) is 14.4. The minimum atomic E-state index is -4.17.